The Hall–Kier alpha value is -10.6. The molecule has 3 aliphatic carbocycles. The largest absolute Gasteiger partial charge is 1.00 e. The van der Waals surface area contributed by atoms with Crippen LogP contribution in [0.2, 0.25) is 0 Å². The number of ketones is 2. The first kappa shape index (κ1) is 96.0. The molecule has 17 heteroatoms. The Morgan fingerprint density at radius 3 is 0.814 bits per heavy atom. The molecular formula is C112H92Br4NaO11P. The molecule has 0 aromatic heterocycles. The van der Waals surface area contributed by atoms with E-state index in [9.17, 15) is 30.0 Å². The minimum atomic E-state index is -1.45. The monoisotopic (exact) mass is 1980 g/mol. The van der Waals surface area contributed by atoms with Gasteiger partial charge in [-0.1, -0.05) is 415 Å². The van der Waals surface area contributed by atoms with Gasteiger partial charge in [0.2, 0.25) is 0 Å². The molecule has 0 heterocycles. The molecule has 11 nitrogen and oxygen atoms in total. The number of carboxylic acid groups (broad SMARTS) is 1. The summed E-state index contributed by atoms with van der Waals surface area (Å²) in [5.41, 5.74) is 21.6. The molecule has 0 spiro atoms. The number of aliphatic carboxylic acids is 1. The second-order valence-corrected chi connectivity index (χ2v) is 36.0. The van der Waals surface area contributed by atoms with E-state index >= 15 is 0 Å². The summed E-state index contributed by atoms with van der Waals surface area (Å²) in [4.78, 5) is 40.8. The number of hydrogen-bond acceptors (Lipinski definition) is 10. The zero-order chi connectivity index (χ0) is 90.6. The molecule has 4 unspecified atom stereocenters. The fourth-order valence-electron chi connectivity index (χ4n) is 17.0. The van der Waals surface area contributed by atoms with E-state index < -0.39 is 37.4 Å². The van der Waals surface area contributed by atoms with Gasteiger partial charge >= 0.3 is 29.6 Å². The SMILES string of the molecule is Brc1ccc(-c2ccc(Br)cc2)cc1.CC(=O)O.CCCCc1ccc(-c2ccc(C3(O)c4ccccc4C(O)(c4ccc(-c5ccc(Br)cc5)cc4)c4ccc(C)cc43)cc2)cc1.Cc1ccc(-c2ccc(C3(O)c4ccccc4C(O)(c4ccc(-c5ccc(Br)cc5)cc4)c4ccc(C)cc43)cc2)cc1.Cc1ccc2c(c1)C(=O)c1ccccc1C2=O.OO[P-]O.[Na+]. The summed E-state index contributed by atoms with van der Waals surface area (Å²) in [5.74, 6) is -0.950. The molecule has 0 bridgehead atoms. The average molecular weight is 1990 g/mol. The minimum absolute atomic E-state index is 0. The van der Waals surface area contributed by atoms with Crippen LogP contribution >= 0.6 is 72.8 Å². The molecule has 4 atom stereocenters. The van der Waals surface area contributed by atoms with Crippen LogP contribution in [-0.2, 0) is 38.3 Å². The van der Waals surface area contributed by atoms with Crippen molar-refractivity contribution >= 4 is 90.3 Å². The maximum Gasteiger partial charge on any atom is 1.00 e. The fourth-order valence-corrected chi connectivity index (χ4v) is 18.0. The van der Waals surface area contributed by atoms with Crippen molar-refractivity contribution in [1.29, 1.82) is 0 Å². The molecule has 7 N–H and O–H groups in total. The fraction of sp³-hybridized carbons (Fsp3) is 0.116. The molecule has 0 saturated carbocycles. The van der Waals surface area contributed by atoms with Gasteiger partial charge in [-0.3, -0.25) is 19.6 Å². The van der Waals surface area contributed by atoms with E-state index in [0.29, 0.717) is 66.8 Å². The number of aryl methyl sites for hydroxylation is 5. The Bertz CT molecular complexity index is 6590. The Morgan fingerprint density at radius 2 is 0.527 bits per heavy atom. The van der Waals surface area contributed by atoms with E-state index in [1.807, 2.05) is 185 Å². The minimum Gasteiger partial charge on any atom is -0.539 e. The summed E-state index contributed by atoms with van der Waals surface area (Å²) >= 11 is 13.9. The maximum atomic E-state index is 12.9. The third kappa shape index (κ3) is 20.8. The maximum absolute atomic E-state index is 12.9. The number of rotatable bonds is 13. The molecule has 0 fully saturated rings. The Balaban J connectivity index is 0.000000156. The predicted molar refractivity (Wildman–Crippen MR) is 528 cm³/mol. The van der Waals surface area contributed by atoms with Crippen LogP contribution in [0.1, 0.15) is 153 Å². The molecule has 0 radical (unpaired) electrons. The molecule has 3 aliphatic rings. The summed E-state index contributed by atoms with van der Waals surface area (Å²) < 4.78 is 7.35. The molecule has 16 aromatic carbocycles. The van der Waals surface area contributed by atoms with Crippen molar-refractivity contribution < 1.29 is 84.3 Å². The zero-order valence-electron chi connectivity index (χ0n) is 72.1. The van der Waals surface area contributed by atoms with Crippen molar-refractivity contribution in [3.8, 4) is 55.6 Å². The average Bonchev–Trinajstić information content (AvgIpc) is 0.696. The number of halogens is 4. The van der Waals surface area contributed by atoms with Crippen molar-refractivity contribution in [1.82, 2.24) is 0 Å². The third-order valence-corrected chi connectivity index (χ3v) is 25.7. The van der Waals surface area contributed by atoms with Crippen molar-refractivity contribution in [2.45, 2.75) is 83.2 Å². The summed E-state index contributed by atoms with van der Waals surface area (Å²) in [7, 11) is -0.446. The second-order valence-electron chi connectivity index (χ2n) is 32.0. The van der Waals surface area contributed by atoms with Crippen LogP contribution in [0.5, 0.6) is 0 Å². The molecule has 0 saturated heterocycles. The van der Waals surface area contributed by atoms with Crippen molar-refractivity contribution in [2.24, 2.45) is 0 Å². The number of carbonyl (C=O) groups is 3. The van der Waals surface area contributed by atoms with Crippen molar-refractivity contribution in [3.05, 3.63) is 505 Å². The van der Waals surface area contributed by atoms with Gasteiger partial charge < -0.3 is 35.1 Å². The predicted octanol–water partition coefficient (Wildman–Crippen LogP) is 24.6. The first-order chi connectivity index (χ1) is 61.7. The summed E-state index contributed by atoms with van der Waals surface area (Å²) in [6.45, 7) is 11.4. The number of carboxylic acids is 1. The summed E-state index contributed by atoms with van der Waals surface area (Å²) in [6, 6.07) is 123. The Morgan fingerprint density at radius 1 is 0.310 bits per heavy atom. The number of fused-ring (bicyclic) bond motifs is 6. The number of aliphatic hydroxyl groups is 4. The summed E-state index contributed by atoms with van der Waals surface area (Å²) in [5, 5.41) is 66.0. The Kier molecular flexibility index (Phi) is 31.6. The van der Waals surface area contributed by atoms with E-state index in [1.54, 1.807) is 36.4 Å². The van der Waals surface area contributed by atoms with Crippen molar-refractivity contribution in [3.63, 3.8) is 0 Å². The molecule has 19 rings (SSSR count). The van der Waals surface area contributed by atoms with E-state index in [2.05, 4.69) is 252 Å². The normalized spacial score (nSPS) is 16.3. The van der Waals surface area contributed by atoms with E-state index in [0.717, 1.165) is 115 Å². The van der Waals surface area contributed by atoms with Crippen molar-refractivity contribution in [2.75, 3.05) is 0 Å². The number of benzene rings is 16. The third-order valence-electron chi connectivity index (χ3n) is 23.5. The van der Waals surface area contributed by atoms with Crippen LogP contribution in [0.25, 0.3) is 55.6 Å². The molecule has 640 valence electrons. The molecule has 0 amide bonds. The zero-order valence-corrected chi connectivity index (χ0v) is 81.3. The van der Waals surface area contributed by atoms with Gasteiger partial charge in [-0.2, -0.15) is 0 Å². The van der Waals surface area contributed by atoms with Crippen LogP contribution < -0.4 is 29.6 Å². The molecule has 0 aliphatic heterocycles. The Labute approximate surface area is 810 Å². The molecular weight excluding hydrogens is 1890 g/mol. The standard InChI is InChI=1S/C43H37BrO2.C40H31BrO2.C15H10O2.C12H8Br2.C2H4O2.Na.H2O3P/c1-3-4-7-30-11-13-31(14-12-30)32-17-23-36(24-18-32)43(46)39-9-6-5-8-38(39)42(45,40-27-10-29(2)28-41(40)43)35-21-15-33(16-22-35)34-19-25-37(44)26-20-34;1-26-7-10-28(11-8-26)29-14-20-33(21-15-29)40(43)36-6-4-3-5-35(36)39(42,37-24-9-27(2)25-38(37)40)32-18-12-30(13-19-32)31-16-22-34(41)23-17-31;1-9-6-7-12-13(8-9)15(17)11-5-3-2-4-10(11)14(12)16;13-11-5-1-9(2-6-11)10-3-7-12(14)8-4-10;1-2(3)4;;1-3-4-2/h5-6,8-28,45-46H,3-4,7H2,1-2H3;3-25,42-43H,1-2H3;2-8H,1H3;1-8H;1H3,(H,3,4);;1-2H/q;;;;;+1;-1. The first-order valence-electron chi connectivity index (χ1n) is 41.8. The number of unbranched alkanes of at least 4 members (excludes halogenated alkanes) is 1. The van der Waals surface area contributed by atoms with Gasteiger partial charge in [-0.25, -0.2) is 9.03 Å². The van der Waals surface area contributed by atoms with Crippen LogP contribution in [0.3, 0.4) is 0 Å². The number of hydrogen-bond donors (Lipinski definition) is 7. The van der Waals surface area contributed by atoms with Gasteiger partial charge in [0.25, 0.3) is 5.97 Å². The van der Waals surface area contributed by atoms with E-state index in [4.69, 9.17) is 20.1 Å². The van der Waals surface area contributed by atoms with Gasteiger partial charge in [-0.15, -0.1) is 0 Å². The van der Waals surface area contributed by atoms with Crippen LogP contribution in [0, 0.1) is 27.7 Å². The van der Waals surface area contributed by atoms with Crippen LogP contribution in [0.4, 0.5) is 0 Å². The quantitative estimate of drug-likeness (QED) is 0.0251. The van der Waals surface area contributed by atoms with Crippen LogP contribution in [0.15, 0.2) is 388 Å². The van der Waals surface area contributed by atoms with Gasteiger partial charge in [-0.05, 0) is 223 Å². The molecule has 129 heavy (non-hydrogen) atoms. The topological polar surface area (TPSA) is 202 Å². The van der Waals surface area contributed by atoms with Gasteiger partial charge in [0.15, 0.2) is 11.6 Å². The first-order valence-corrected chi connectivity index (χ1v) is 45.7. The van der Waals surface area contributed by atoms with E-state index in [-0.39, 0.29) is 41.1 Å². The van der Waals surface area contributed by atoms with Gasteiger partial charge in [0.05, 0.1) is 0 Å². The second kappa shape index (κ2) is 42.5. The van der Waals surface area contributed by atoms with Gasteiger partial charge in [0.1, 0.15) is 22.4 Å². The van der Waals surface area contributed by atoms with Gasteiger partial charge in [0, 0.05) is 47.1 Å². The van der Waals surface area contributed by atoms with Crippen LogP contribution in [-0.4, -0.2) is 53.2 Å². The summed E-state index contributed by atoms with van der Waals surface area (Å²) in [6.07, 6.45) is 3.48. The number of carbonyl (C=O) groups excluding carboxylic acids is 2. The molecule has 16 aromatic rings. The van der Waals surface area contributed by atoms with E-state index in [1.165, 1.54) is 35.1 Å². The smallest absolute Gasteiger partial charge is 0.539 e.